The molecular weight excluding hydrogens is 212 g/mol. The van der Waals surface area contributed by atoms with Gasteiger partial charge in [-0.25, -0.2) is 0 Å². The zero-order valence-corrected chi connectivity index (χ0v) is 8.45. The lowest BCUT2D eigenvalue weighted by atomic mass is 10.1. The van der Waals surface area contributed by atoms with Gasteiger partial charge in [0.15, 0.2) is 0 Å². The maximum atomic E-state index is 9.39. The van der Waals surface area contributed by atoms with E-state index in [4.69, 9.17) is 16.0 Å². The summed E-state index contributed by atoms with van der Waals surface area (Å²) in [4.78, 5) is 0. The summed E-state index contributed by atoms with van der Waals surface area (Å²) in [6, 6.07) is 10.5. The number of halogens is 1. The highest BCUT2D eigenvalue weighted by Crippen LogP contribution is 2.32. The summed E-state index contributed by atoms with van der Waals surface area (Å²) in [5.41, 5.74) is 1.49. The molecule has 0 saturated heterocycles. The molecule has 74 valence electrons. The number of benzene rings is 2. The molecular formula is C12H7ClO2. The van der Waals surface area contributed by atoms with E-state index in [1.807, 2.05) is 12.1 Å². The SMILES string of the molecule is Oc1ccc2oc3cc(Cl)ccc3c2c1. The number of hydrogen-bond acceptors (Lipinski definition) is 2. The van der Waals surface area contributed by atoms with Gasteiger partial charge in [-0.3, -0.25) is 0 Å². The monoisotopic (exact) mass is 218 g/mol. The molecule has 1 heterocycles. The zero-order chi connectivity index (χ0) is 10.4. The molecule has 0 saturated carbocycles. The van der Waals surface area contributed by atoms with Crippen molar-refractivity contribution in [3.8, 4) is 5.75 Å². The molecule has 2 nitrogen and oxygen atoms in total. The number of phenolic OH excluding ortho intramolecular Hbond substituents is 1. The third-order valence-electron chi connectivity index (χ3n) is 2.42. The summed E-state index contributed by atoms with van der Waals surface area (Å²) >= 11 is 5.87. The van der Waals surface area contributed by atoms with Gasteiger partial charge in [-0.05, 0) is 30.3 Å². The first-order valence-electron chi connectivity index (χ1n) is 4.55. The van der Waals surface area contributed by atoms with Crippen LogP contribution in [0.15, 0.2) is 40.8 Å². The highest BCUT2D eigenvalue weighted by molar-refractivity contribution is 6.31. The van der Waals surface area contributed by atoms with Crippen LogP contribution in [0.4, 0.5) is 0 Å². The molecule has 0 aliphatic heterocycles. The van der Waals surface area contributed by atoms with Gasteiger partial charge in [0.2, 0.25) is 0 Å². The Morgan fingerprint density at radius 1 is 0.933 bits per heavy atom. The first kappa shape index (κ1) is 8.62. The summed E-state index contributed by atoms with van der Waals surface area (Å²) in [6.07, 6.45) is 0. The van der Waals surface area contributed by atoms with Crippen molar-refractivity contribution in [2.24, 2.45) is 0 Å². The van der Waals surface area contributed by atoms with Gasteiger partial charge in [-0.15, -0.1) is 0 Å². The molecule has 0 fully saturated rings. The lowest BCUT2D eigenvalue weighted by molar-refractivity contribution is 0.476. The van der Waals surface area contributed by atoms with Crippen molar-refractivity contribution < 1.29 is 9.52 Å². The van der Waals surface area contributed by atoms with E-state index in [-0.39, 0.29) is 5.75 Å². The molecule has 1 aromatic heterocycles. The molecule has 0 atom stereocenters. The maximum Gasteiger partial charge on any atom is 0.136 e. The number of aromatic hydroxyl groups is 1. The van der Waals surface area contributed by atoms with Crippen molar-refractivity contribution in [2.45, 2.75) is 0 Å². The Morgan fingerprint density at radius 3 is 2.67 bits per heavy atom. The van der Waals surface area contributed by atoms with Gasteiger partial charge in [0.1, 0.15) is 16.9 Å². The van der Waals surface area contributed by atoms with E-state index in [1.165, 1.54) is 0 Å². The highest BCUT2D eigenvalue weighted by Gasteiger charge is 2.07. The Hall–Kier alpha value is -1.67. The van der Waals surface area contributed by atoms with Crippen LogP contribution in [0.25, 0.3) is 21.9 Å². The Balaban J connectivity index is 2.53. The lowest BCUT2D eigenvalue weighted by Gasteiger charge is -1.91. The Kier molecular flexibility index (Phi) is 1.67. The van der Waals surface area contributed by atoms with Crippen molar-refractivity contribution >= 4 is 33.5 Å². The second-order valence-electron chi connectivity index (χ2n) is 3.42. The quantitative estimate of drug-likeness (QED) is 0.620. The summed E-state index contributed by atoms with van der Waals surface area (Å²) in [7, 11) is 0. The van der Waals surface area contributed by atoms with E-state index in [1.54, 1.807) is 24.3 Å². The van der Waals surface area contributed by atoms with Crippen molar-refractivity contribution in [3.63, 3.8) is 0 Å². The van der Waals surface area contributed by atoms with Crippen LogP contribution in [0.5, 0.6) is 5.75 Å². The van der Waals surface area contributed by atoms with Gasteiger partial charge < -0.3 is 9.52 Å². The molecule has 0 unspecified atom stereocenters. The Morgan fingerprint density at radius 2 is 1.80 bits per heavy atom. The molecule has 0 aliphatic rings. The average molecular weight is 219 g/mol. The van der Waals surface area contributed by atoms with Gasteiger partial charge in [0.05, 0.1) is 0 Å². The van der Waals surface area contributed by atoms with Crippen LogP contribution in [0.2, 0.25) is 5.02 Å². The number of fused-ring (bicyclic) bond motifs is 3. The molecule has 3 rings (SSSR count). The third kappa shape index (κ3) is 1.26. The smallest absolute Gasteiger partial charge is 0.136 e. The van der Waals surface area contributed by atoms with E-state index in [0.717, 1.165) is 21.9 Å². The molecule has 3 aromatic rings. The fourth-order valence-electron chi connectivity index (χ4n) is 1.74. The van der Waals surface area contributed by atoms with Crippen LogP contribution in [0, 0.1) is 0 Å². The molecule has 3 heteroatoms. The summed E-state index contributed by atoms with van der Waals surface area (Å²) in [6.45, 7) is 0. The van der Waals surface area contributed by atoms with Crippen molar-refractivity contribution in [1.82, 2.24) is 0 Å². The number of rotatable bonds is 0. The maximum absolute atomic E-state index is 9.39. The van der Waals surface area contributed by atoms with Crippen LogP contribution >= 0.6 is 11.6 Å². The van der Waals surface area contributed by atoms with Crippen LogP contribution in [0.1, 0.15) is 0 Å². The van der Waals surface area contributed by atoms with E-state index >= 15 is 0 Å². The second-order valence-corrected chi connectivity index (χ2v) is 3.86. The molecule has 2 aromatic carbocycles. The van der Waals surface area contributed by atoms with Gasteiger partial charge in [-0.2, -0.15) is 0 Å². The van der Waals surface area contributed by atoms with Gasteiger partial charge in [-0.1, -0.05) is 11.6 Å². The molecule has 0 radical (unpaired) electrons. The van der Waals surface area contributed by atoms with Crippen LogP contribution in [-0.2, 0) is 0 Å². The number of phenols is 1. The minimum absolute atomic E-state index is 0.236. The lowest BCUT2D eigenvalue weighted by Crippen LogP contribution is -1.67. The average Bonchev–Trinajstić information content (AvgIpc) is 2.54. The van der Waals surface area contributed by atoms with Gasteiger partial charge in [0, 0.05) is 21.9 Å². The van der Waals surface area contributed by atoms with E-state index in [9.17, 15) is 5.11 Å². The zero-order valence-electron chi connectivity index (χ0n) is 7.70. The Bertz CT molecular complexity index is 655. The number of furan rings is 1. The second kappa shape index (κ2) is 2.91. The predicted octanol–water partition coefficient (Wildman–Crippen LogP) is 3.95. The predicted molar refractivity (Wildman–Crippen MR) is 60.4 cm³/mol. The van der Waals surface area contributed by atoms with E-state index < -0.39 is 0 Å². The molecule has 0 aliphatic carbocycles. The minimum Gasteiger partial charge on any atom is -0.508 e. The van der Waals surface area contributed by atoms with Crippen molar-refractivity contribution in [1.29, 1.82) is 0 Å². The minimum atomic E-state index is 0.236. The topological polar surface area (TPSA) is 33.4 Å². The molecule has 1 N–H and O–H groups in total. The van der Waals surface area contributed by atoms with Crippen molar-refractivity contribution in [2.75, 3.05) is 0 Å². The highest BCUT2D eigenvalue weighted by atomic mass is 35.5. The normalized spacial score (nSPS) is 11.3. The molecule has 0 amide bonds. The molecule has 0 spiro atoms. The Labute approximate surface area is 90.7 Å². The van der Waals surface area contributed by atoms with Crippen LogP contribution in [-0.4, -0.2) is 5.11 Å². The van der Waals surface area contributed by atoms with Crippen molar-refractivity contribution in [3.05, 3.63) is 41.4 Å². The summed E-state index contributed by atoms with van der Waals surface area (Å²) < 4.78 is 5.59. The fraction of sp³-hybridized carbons (Fsp3) is 0. The first-order valence-corrected chi connectivity index (χ1v) is 4.92. The van der Waals surface area contributed by atoms with Gasteiger partial charge in [0.25, 0.3) is 0 Å². The number of hydrogen-bond donors (Lipinski definition) is 1. The fourth-order valence-corrected chi connectivity index (χ4v) is 1.90. The third-order valence-corrected chi connectivity index (χ3v) is 2.65. The molecule has 0 bridgehead atoms. The van der Waals surface area contributed by atoms with Gasteiger partial charge >= 0.3 is 0 Å². The van der Waals surface area contributed by atoms with Crippen LogP contribution in [0.3, 0.4) is 0 Å². The van der Waals surface area contributed by atoms with E-state index in [2.05, 4.69) is 0 Å². The standard InChI is InChI=1S/C12H7ClO2/c13-7-1-3-9-10-6-8(14)2-4-11(10)15-12(9)5-7/h1-6,14H. The van der Waals surface area contributed by atoms with E-state index in [0.29, 0.717) is 5.02 Å². The molecule has 15 heavy (non-hydrogen) atoms. The first-order chi connectivity index (χ1) is 7.24. The summed E-state index contributed by atoms with van der Waals surface area (Å²) in [5, 5.41) is 11.9. The summed E-state index contributed by atoms with van der Waals surface area (Å²) in [5.74, 6) is 0.236. The largest absolute Gasteiger partial charge is 0.508 e. The van der Waals surface area contributed by atoms with Crippen LogP contribution < -0.4 is 0 Å².